The van der Waals surface area contributed by atoms with Crippen LogP contribution in [0.25, 0.3) is 0 Å². The lowest BCUT2D eigenvalue weighted by atomic mass is 9.91. The molecule has 1 saturated carbocycles. The van der Waals surface area contributed by atoms with Crippen molar-refractivity contribution in [2.24, 2.45) is 5.41 Å². The highest BCUT2D eigenvalue weighted by molar-refractivity contribution is 4.92. The molecular weight excluding hydrogens is 256 g/mol. The minimum absolute atomic E-state index is 0.376. The van der Waals surface area contributed by atoms with Gasteiger partial charge in [-0.25, -0.2) is 0 Å². The van der Waals surface area contributed by atoms with Crippen molar-refractivity contribution < 1.29 is 5.11 Å². The molecule has 1 heteroatoms. The summed E-state index contributed by atoms with van der Waals surface area (Å²) in [6.45, 7) is 2.67. The molecule has 0 spiro atoms. The number of rotatable bonds is 16. The fraction of sp³-hybridized carbons (Fsp3) is 1.00. The van der Waals surface area contributed by atoms with Crippen LogP contribution in [0.2, 0.25) is 0 Å². The standard InChI is InChI=1S/C20H40O/c1-2-3-4-5-9-12-15-20(17-18-20)16-13-10-7-6-8-11-14-19-21/h21H,2-19H2,1H3. The third-order valence-corrected chi connectivity index (χ3v) is 5.38. The third kappa shape index (κ3) is 10.3. The van der Waals surface area contributed by atoms with Crippen LogP contribution in [0.1, 0.15) is 116 Å². The second kappa shape index (κ2) is 12.5. The molecule has 0 unspecified atom stereocenters. The van der Waals surface area contributed by atoms with E-state index in [4.69, 9.17) is 5.11 Å². The zero-order valence-corrected chi connectivity index (χ0v) is 14.7. The van der Waals surface area contributed by atoms with Crippen LogP contribution in [0.3, 0.4) is 0 Å². The van der Waals surface area contributed by atoms with Crippen molar-refractivity contribution in [1.29, 1.82) is 0 Å². The highest BCUT2D eigenvalue weighted by Crippen LogP contribution is 2.53. The highest BCUT2D eigenvalue weighted by atomic mass is 16.2. The van der Waals surface area contributed by atoms with Crippen molar-refractivity contribution in [2.45, 2.75) is 116 Å². The number of aliphatic hydroxyl groups excluding tert-OH is 1. The van der Waals surface area contributed by atoms with Gasteiger partial charge in [-0.3, -0.25) is 0 Å². The summed E-state index contributed by atoms with van der Waals surface area (Å²) in [5.74, 6) is 0. The van der Waals surface area contributed by atoms with Crippen molar-refractivity contribution in [3.05, 3.63) is 0 Å². The molecule has 0 aliphatic heterocycles. The molecule has 1 fully saturated rings. The van der Waals surface area contributed by atoms with Crippen LogP contribution in [0.5, 0.6) is 0 Å². The molecule has 21 heavy (non-hydrogen) atoms. The minimum Gasteiger partial charge on any atom is -0.396 e. The summed E-state index contributed by atoms with van der Waals surface area (Å²) in [5.41, 5.74) is 0.807. The predicted molar refractivity (Wildman–Crippen MR) is 93.7 cm³/mol. The van der Waals surface area contributed by atoms with Gasteiger partial charge in [-0.05, 0) is 37.5 Å². The average molecular weight is 297 g/mol. The Morgan fingerprint density at radius 3 is 1.48 bits per heavy atom. The van der Waals surface area contributed by atoms with Gasteiger partial charge in [-0.1, -0.05) is 84.0 Å². The summed E-state index contributed by atoms with van der Waals surface area (Å²) >= 11 is 0. The molecule has 1 nitrogen and oxygen atoms in total. The second-order valence-corrected chi connectivity index (χ2v) is 7.47. The van der Waals surface area contributed by atoms with E-state index >= 15 is 0 Å². The van der Waals surface area contributed by atoms with Crippen LogP contribution < -0.4 is 0 Å². The normalized spacial score (nSPS) is 16.3. The van der Waals surface area contributed by atoms with Gasteiger partial charge in [0.25, 0.3) is 0 Å². The summed E-state index contributed by atoms with van der Waals surface area (Å²) in [4.78, 5) is 0. The Labute approximate surface area is 133 Å². The van der Waals surface area contributed by atoms with Crippen LogP contribution in [0.15, 0.2) is 0 Å². The third-order valence-electron chi connectivity index (χ3n) is 5.38. The smallest absolute Gasteiger partial charge is 0.0431 e. The van der Waals surface area contributed by atoms with Crippen LogP contribution in [-0.2, 0) is 0 Å². The van der Waals surface area contributed by atoms with Gasteiger partial charge in [-0.2, -0.15) is 0 Å². The van der Waals surface area contributed by atoms with Gasteiger partial charge in [0.2, 0.25) is 0 Å². The van der Waals surface area contributed by atoms with Gasteiger partial charge >= 0.3 is 0 Å². The highest BCUT2D eigenvalue weighted by Gasteiger charge is 2.40. The molecule has 0 radical (unpaired) electrons. The van der Waals surface area contributed by atoms with Crippen LogP contribution in [-0.4, -0.2) is 11.7 Å². The number of unbranched alkanes of at least 4 members (excludes halogenated alkanes) is 11. The molecule has 1 aliphatic rings. The molecule has 1 N–H and O–H groups in total. The Bertz CT molecular complexity index is 220. The Morgan fingerprint density at radius 2 is 1.05 bits per heavy atom. The molecule has 126 valence electrons. The van der Waals surface area contributed by atoms with E-state index in [-0.39, 0.29) is 0 Å². The van der Waals surface area contributed by atoms with Gasteiger partial charge in [-0.15, -0.1) is 0 Å². The minimum atomic E-state index is 0.376. The quantitative estimate of drug-likeness (QED) is 0.317. The first-order valence-corrected chi connectivity index (χ1v) is 9.94. The molecule has 0 aromatic carbocycles. The molecule has 0 saturated heterocycles. The number of hydrogen-bond acceptors (Lipinski definition) is 1. The molecular formula is C20H40O. The molecule has 0 aromatic rings. The van der Waals surface area contributed by atoms with E-state index in [2.05, 4.69) is 6.92 Å². The van der Waals surface area contributed by atoms with Crippen LogP contribution in [0, 0.1) is 5.41 Å². The lowest BCUT2D eigenvalue weighted by Gasteiger charge is -2.14. The predicted octanol–water partition coefficient (Wildman–Crippen LogP) is 6.63. The van der Waals surface area contributed by atoms with E-state index in [1.54, 1.807) is 0 Å². The monoisotopic (exact) mass is 296 g/mol. The molecule has 0 bridgehead atoms. The topological polar surface area (TPSA) is 20.2 Å². The second-order valence-electron chi connectivity index (χ2n) is 7.47. The maximum Gasteiger partial charge on any atom is 0.0431 e. The summed E-state index contributed by atoms with van der Waals surface area (Å²) in [6, 6.07) is 0. The van der Waals surface area contributed by atoms with E-state index in [9.17, 15) is 0 Å². The van der Waals surface area contributed by atoms with E-state index in [0.717, 1.165) is 11.8 Å². The van der Waals surface area contributed by atoms with E-state index in [1.807, 2.05) is 0 Å². The van der Waals surface area contributed by atoms with E-state index in [1.165, 1.54) is 103 Å². The Hall–Kier alpha value is -0.0400. The van der Waals surface area contributed by atoms with Gasteiger partial charge in [0.15, 0.2) is 0 Å². The van der Waals surface area contributed by atoms with Crippen molar-refractivity contribution in [2.75, 3.05) is 6.61 Å². The summed E-state index contributed by atoms with van der Waals surface area (Å²) in [6.07, 6.45) is 24.0. The Kier molecular flexibility index (Phi) is 11.3. The van der Waals surface area contributed by atoms with Gasteiger partial charge in [0.05, 0.1) is 0 Å². The maximum absolute atomic E-state index is 8.73. The van der Waals surface area contributed by atoms with Crippen LogP contribution >= 0.6 is 0 Å². The fourth-order valence-corrected chi connectivity index (χ4v) is 3.58. The molecule has 0 heterocycles. The van der Waals surface area contributed by atoms with Crippen molar-refractivity contribution in [3.8, 4) is 0 Å². The average Bonchev–Trinajstić information content (AvgIpc) is 3.26. The zero-order valence-electron chi connectivity index (χ0n) is 14.7. The van der Waals surface area contributed by atoms with E-state index in [0.29, 0.717) is 6.61 Å². The zero-order chi connectivity index (χ0) is 15.2. The summed E-state index contributed by atoms with van der Waals surface area (Å²) in [7, 11) is 0. The fourth-order valence-electron chi connectivity index (χ4n) is 3.58. The largest absolute Gasteiger partial charge is 0.396 e. The molecule has 0 amide bonds. The van der Waals surface area contributed by atoms with Crippen molar-refractivity contribution in [1.82, 2.24) is 0 Å². The van der Waals surface area contributed by atoms with Gasteiger partial charge in [0, 0.05) is 6.61 Å². The molecule has 0 aromatic heterocycles. The van der Waals surface area contributed by atoms with Gasteiger partial charge in [0.1, 0.15) is 0 Å². The Balaban J connectivity index is 1.85. The first-order chi connectivity index (χ1) is 10.3. The molecule has 0 atom stereocenters. The molecule has 1 aliphatic carbocycles. The van der Waals surface area contributed by atoms with E-state index < -0.39 is 0 Å². The summed E-state index contributed by atoms with van der Waals surface area (Å²) < 4.78 is 0. The number of aliphatic hydroxyl groups is 1. The van der Waals surface area contributed by atoms with Crippen LogP contribution in [0.4, 0.5) is 0 Å². The lowest BCUT2D eigenvalue weighted by molar-refractivity contribution is 0.282. The maximum atomic E-state index is 8.73. The number of hydrogen-bond donors (Lipinski definition) is 1. The first-order valence-electron chi connectivity index (χ1n) is 9.94. The van der Waals surface area contributed by atoms with Crippen molar-refractivity contribution >= 4 is 0 Å². The Morgan fingerprint density at radius 1 is 0.619 bits per heavy atom. The SMILES string of the molecule is CCCCCCCCC1(CCCCCCCCCO)CC1. The lowest BCUT2D eigenvalue weighted by Crippen LogP contribution is -2.00. The van der Waals surface area contributed by atoms with Gasteiger partial charge < -0.3 is 5.11 Å². The molecule has 1 rings (SSSR count). The van der Waals surface area contributed by atoms with Crippen molar-refractivity contribution in [3.63, 3.8) is 0 Å². The first kappa shape index (κ1) is 19.0. The summed E-state index contributed by atoms with van der Waals surface area (Å²) in [5, 5.41) is 8.73.